The molecule has 2 unspecified atom stereocenters. The highest BCUT2D eigenvalue weighted by Gasteiger charge is 2.31. The van der Waals surface area contributed by atoms with E-state index < -0.39 is 6.23 Å². The fourth-order valence-electron chi connectivity index (χ4n) is 3.63. The summed E-state index contributed by atoms with van der Waals surface area (Å²) in [6.45, 7) is 2.73. The highest BCUT2D eigenvalue weighted by Crippen LogP contribution is 2.28. The fourth-order valence-corrected chi connectivity index (χ4v) is 3.63. The molecule has 1 aliphatic rings. The zero-order chi connectivity index (χ0) is 19.8. The summed E-state index contributed by atoms with van der Waals surface area (Å²) in [7, 11) is 1.74. The summed E-state index contributed by atoms with van der Waals surface area (Å²) in [6, 6.07) is 9.46. The molecular formula is C20H25N5O3. The van der Waals surface area contributed by atoms with Gasteiger partial charge in [-0.2, -0.15) is 5.10 Å². The molecule has 28 heavy (non-hydrogen) atoms. The van der Waals surface area contributed by atoms with Gasteiger partial charge < -0.3 is 20.1 Å². The molecular weight excluding hydrogens is 358 g/mol. The van der Waals surface area contributed by atoms with Crippen LogP contribution in [0.2, 0.25) is 0 Å². The molecule has 0 saturated heterocycles. The molecule has 0 spiro atoms. The number of aromatic nitrogens is 3. The molecule has 2 atom stereocenters. The Labute approximate surface area is 162 Å². The van der Waals surface area contributed by atoms with Crippen LogP contribution in [-0.2, 0) is 13.0 Å². The second kappa shape index (κ2) is 7.38. The number of nitrogens with one attached hydrogen (secondary N) is 2. The minimum Gasteiger partial charge on any atom is -0.395 e. The molecule has 3 aromatic rings. The van der Waals surface area contributed by atoms with Gasteiger partial charge in [-0.3, -0.25) is 14.8 Å². The predicted molar refractivity (Wildman–Crippen MR) is 105 cm³/mol. The van der Waals surface area contributed by atoms with Crippen molar-refractivity contribution in [3.8, 4) is 0 Å². The molecule has 0 fully saturated rings. The van der Waals surface area contributed by atoms with Crippen molar-refractivity contribution < 1.29 is 15.0 Å². The van der Waals surface area contributed by atoms with Gasteiger partial charge in [0, 0.05) is 47.7 Å². The molecule has 3 heterocycles. The fraction of sp³-hybridized carbons (Fsp3) is 0.400. The first-order valence-electron chi connectivity index (χ1n) is 9.43. The lowest BCUT2D eigenvalue weighted by molar-refractivity contribution is -0.0215. The van der Waals surface area contributed by atoms with Gasteiger partial charge >= 0.3 is 0 Å². The Hall–Kier alpha value is -2.68. The Bertz CT molecular complexity index is 962. The molecule has 2 aromatic heterocycles. The Morgan fingerprint density at radius 1 is 1.39 bits per heavy atom. The number of benzene rings is 1. The van der Waals surface area contributed by atoms with Crippen LogP contribution in [0.25, 0.3) is 10.9 Å². The van der Waals surface area contributed by atoms with E-state index in [1.807, 2.05) is 37.3 Å². The van der Waals surface area contributed by atoms with Gasteiger partial charge in [0.25, 0.3) is 5.91 Å². The Morgan fingerprint density at radius 3 is 2.93 bits per heavy atom. The number of amides is 1. The highest BCUT2D eigenvalue weighted by atomic mass is 16.3. The van der Waals surface area contributed by atoms with Gasteiger partial charge in [-0.25, -0.2) is 0 Å². The third-order valence-electron chi connectivity index (χ3n) is 5.60. The van der Waals surface area contributed by atoms with Crippen molar-refractivity contribution in [2.24, 2.45) is 0 Å². The number of para-hydroxylation sites is 1. The number of aliphatic hydroxyl groups is 2. The van der Waals surface area contributed by atoms with Crippen LogP contribution < -0.4 is 0 Å². The van der Waals surface area contributed by atoms with Gasteiger partial charge in [-0.15, -0.1) is 0 Å². The maximum Gasteiger partial charge on any atom is 0.270 e. The van der Waals surface area contributed by atoms with E-state index in [2.05, 4.69) is 15.2 Å². The smallest absolute Gasteiger partial charge is 0.270 e. The number of likely N-dealkylation sites (N-methyl/N-ethyl adjacent to an activating group) is 1. The van der Waals surface area contributed by atoms with E-state index in [0.29, 0.717) is 30.9 Å². The summed E-state index contributed by atoms with van der Waals surface area (Å²) in [5, 5.41) is 28.3. The molecule has 0 radical (unpaired) electrons. The molecule has 0 aliphatic carbocycles. The van der Waals surface area contributed by atoms with Gasteiger partial charge in [-0.05, 0) is 26.1 Å². The Kier molecular flexibility index (Phi) is 4.92. The second-order valence-corrected chi connectivity index (χ2v) is 7.38. The summed E-state index contributed by atoms with van der Waals surface area (Å²) in [4.78, 5) is 19.7. The summed E-state index contributed by atoms with van der Waals surface area (Å²) >= 11 is 0. The van der Waals surface area contributed by atoms with Gasteiger partial charge in [0.1, 0.15) is 11.4 Å². The van der Waals surface area contributed by atoms with Crippen molar-refractivity contribution in [1.29, 1.82) is 0 Å². The van der Waals surface area contributed by atoms with Crippen molar-refractivity contribution in [2.75, 3.05) is 20.2 Å². The zero-order valence-corrected chi connectivity index (χ0v) is 16.0. The van der Waals surface area contributed by atoms with E-state index in [-0.39, 0.29) is 18.6 Å². The van der Waals surface area contributed by atoms with Gasteiger partial charge in [0.15, 0.2) is 6.23 Å². The van der Waals surface area contributed by atoms with Crippen molar-refractivity contribution in [1.82, 2.24) is 25.0 Å². The first-order chi connectivity index (χ1) is 13.5. The van der Waals surface area contributed by atoms with Gasteiger partial charge in [-0.1, -0.05) is 18.2 Å². The average molecular weight is 383 g/mol. The zero-order valence-electron chi connectivity index (χ0n) is 16.0. The molecule has 1 aromatic carbocycles. The maximum absolute atomic E-state index is 13.0. The molecule has 0 saturated carbocycles. The first-order valence-corrected chi connectivity index (χ1v) is 9.43. The van der Waals surface area contributed by atoms with Crippen LogP contribution >= 0.6 is 0 Å². The largest absolute Gasteiger partial charge is 0.395 e. The van der Waals surface area contributed by atoms with Gasteiger partial charge in [0.05, 0.1) is 6.61 Å². The van der Waals surface area contributed by atoms with Crippen LogP contribution in [0, 0.1) is 0 Å². The third-order valence-corrected chi connectivity index (χ3v) is 5.60. The van der Waals surface area contributed by atoms with Crippen molar-refractivity contribution in [3.63, 3.8) is 0 Å². The van der Waals surface area contributed by atoms with Crippen LogP contribution in [0.5, 0.6) is 0 Å². The molecule has 8 heteroatoms. The van der Waals surface area contributed by atoms with Crippen molar-refractivity contribution in [3.05, 3.63) is 53.0 Å². The number of rotatable bonds is 5. The number of fused-ring (bicyclic) bond motifs is 2. The number of carbonyl (C=O) groups is 1. The first kappa shape index (κ1) is 18.7. The second-order valence-electron chi connectivity index (χ2n) is 7.38. The predicted octanol–water partition coefficient (Wildman–Crippen LogP) is 1.39. The number of carbonyl (C=O) groups excluding carboxylic acids is 1. The minimum absolute atomic E-state index is 0.0643. The molecule has 4 rings (SSSR count). The highest BCUT2D eigenvalue weighted by molar-refractivity contribution is 5.98. The van der Waals surface area contributed by atoms with Crippen LogP contribution in [0.1, 0.15) is 40.6 Å². The molecule has 1 aliphatic heterocycles. The van der Waals surface area contributed by atoms with Crippen LogP contribution in [0.3, 0.4) is 0 Å². The average Bonchev–Trinajstić information content (AvgIpc) is 3.35. The number of hydrogen-bond donors (Lipinski definition) is 4. The van der Waals surface area contributed by atoms with E-state index in [0.717, 1.165) is 22.2 Å². The van der Waals surface area contributed by atoms with Crippen molar-refractivity contribution >= 4 is 16.8 Å². The van der Waals surface area contributed by atoms with Crippen LogP contribution in [-0.4, -0.2) is 67.3 Å². The molecule has 8 nitrogen and oxygen atoms in total. The topological polar surface area (TPSA) is 108 Å². The lowest BCUT2D eigenvalue weighted by Gasteiger charge is -2.30. The van der Waals surface area contributed by atoms with E-state index >= 15 is 0 Å². The summed E-state index contributed by atoms with van der Waals surface area (Å²) in [6.07, 6.45) is -0.300. The minimum atomic E-state index is -0.953. The van der Waals surface area contributed by atoms with Gasteiger partial charge in [0.2, 0.25) is 0 Å². The molecule has 4 N–H and O–H groups in total. The monoisotopic (exact) mass is 383 g/mol. The number of H-pyrrole nitrogens is 2. The number of aromatic amines is 2. The standard InChI is InChI=1S/C20H25N5O3/c1-12(11-26)24(2)20(28)18-14-10-25(8-7-16(14)22-23-18)19(27)17-9-13-5-3-4-6-15(13)21-17/h3-6,9,12,20-21,26,28H,7-8,10-11H2,1-2H3,(H,22,23). The molecule has 0 bridgehead atoms. The lowest BCUT2D eigenvalue weighted by atomic mass is 10.0. The SMILES string of the molecule is CC(CO)N(C)C(O)c1n[nH]c2c1CN(C(=O)c1cc3ccccc3[nH]1)CC2. The number of nitrogens with zero attached hydrogens (tertiary/aromatic N) is 3. The Balaban J connectivity index is 1.57. The quantitative estimate of drug-likeness (QED) is 0.498. The Morgan fingerprint density at radius 2 is 2.18 bits per heavy atom. The third kappa shape index (κ3) is 3.19. The summed E-state index contributed by atoms with van der Waals surface area (Å²) in [5.41, 5.74) is 3.79. The molecule has 1 amide bonds. The van der Waals surface area contributed by atoms with E-state index in [1.54, 1.807) is 16.8 Å². The van der Waals surface area contributed by atoms with Crippen LogP contribution in [0.4, 0.5) is 0 Å². The van der Waals surface area contributed by atoms with E-state index in [1.165, 1.54) is 0 Å². The lowest BCUT2D eigenvalue weighted by Crippen LogP contribution is -2.38. The number of hydrogen-bond acceptors (Lipinski definition) is 5. The van der Waals surface area contributed by atoms with E-state index in [9.17, 15) is 15.0 Å². The van der Waals surface area contributed by atoms with Crippen molar-refractivity contribution in [2.45, 2.75) is 32.2 Å². The van der Waals surface area contributed by atoms with E-state index in [4.69, 9.17) is 0 Å². The molecule has 148 valence electrons. The summed E-state index contributed by atoms with van der Waals surface area (Å²) in [5.74, 6) is -0.0689. The number of aliphatic hydroxyl groups excluding tert-OH is 2. The maximum atomic E-state index is 13.0. The normalized spacial score (nSPS) is 16.4. The van der Waals surface area contributed by atoms with Crippen LogP contribution in [0.15, 0.2) is 30.3 Å². The summed E-state index contributed by atoms with van der Waals surface area (Å²) < 4.78 is 0.